The maximum Gasteiger partial charge on any atom is 0.307 e. The Kier molecular flexibility index (Phi) is 4.93. The number of carboxylic acid groups (broad SMARTS) is 1. The van der Waals surface area contributed by atoms with Crippen LogP contribution in [-0.4, -0.2) is 23.0 Å². The first-order valence-electron chi connectivity index (χ1n) is 6.60. The molecule has 1 aromatic carbocycles. The number of hydrogen-bond donors (Lipinski definition) is 1. The fraction of sp³-hybridized carbons (Fsp3) is 0.312. The molecule has 0 aliphatic rings. The highest BCUT2D eigenvalue weighted by molar-refractivity contribution is 7.10. The van der Waals surface area contributed by atoms with Gasteiger partial charge in [0.15, 0.2) is 0 Å². The van der Waals surface area contributed by atoms with Crippen LogP contribution < -0.4 is 0 Å². The van der Waals surface area contributed by atoms with Gasteiger partial charge in [-0.15, -0.1) is 11.3 Å². The highest BCUT2D eigenvalue weighted by Crippen LogP contribution is 2.25. The summed E-state index contributed by atoms with van der Waals surface area (Å²) in [5, 5.41) is 11.1. The van der Waals surface area contributed by atoms with Gasteiger partial charge in [0.25, 0.3) is 0 Å². The quantitative estimate of drug-likeness (QED) is 0.884. The Bertz CT molecular complexity index is 566. The molecule has 1 unspecified atom stereocenters. The minimum absolute atomic E-state index is 0.0808. The second-order valence-corrected chi connectivity index (χ2v) is 5.93. The summed E-state index contributed by atoms with van der Waals surface area (Å²) in [7, 11) is 2.07. The fourth-order valence-corrected chi connectivity index (χ4v) is 3.05. The number of rotatable bonds is 6. The first-order chi connectivity index (χ1) is 9.58. The number of aliphatic carboxylic acids is 1. The highest BCUT2D eigenvalue weighted by atomic mass is 32.1. The maximum atomic E-state index is 10.9. The Morgan fingerprint density at radius 3 is 2.55 bits per heavy atom. The van der Waals surface area contributed by atoms with Crippen molar-refractivity contribution in [2.45, 2.75) is 25.9 Å². The summed E-state index contributed by atoms with van der Waals surface area (Å²) >= 11 is 1.75. The van der Waals surface area contributed by atoms with Gasteiger partial charge in [-0.1, -0.05) is 30.3 Å². The van der Waals surface area contributed by atoms with Crippen LogP contribution in [0, 0.1) is 0 Å². The van der Waals surface area contributed by atoms with E-state index in [1.54, 1.807) is 11.3 Å². The van der Waals surface area contributed by atoms with Crippen molar-refractivity contribution in [2.75, 3.05) is 7.05 Å². The molecule has 0 aliphatic heterocycles. The van der Waals surface area contributed by atoms with Crippen LogP contribution in [0.1, 0.15) is 29.0 Å². The summed E-state index contributed by atoms with van der Waals surface area (Å²) in [6.45, 7) is 2.92. The number of benzene rings is 1. The average molecular weight is 289 g/mol. The standard InChI is InChI=1S/C16H19NO2S/c1-12(15-8-5-9-20-15)17(2)11-14-7-4-3-6-13(14)10-16(18)19/h3-9,12H,10-11H2,1-2H3,(H,18,19). The summed E-state index contributed by atoms with van der Waals surface area (Å²) in [6.07, 6.45) is 0.0808. The summed E-state index contributed by atoms with van der Waals surface area (Å²) in [4.78, 5) is 14.5. The third-order valence-corrected chi connectivity index (χ3v) is 4.54. The van der Waals surface area contributed by atoms with Crippen LogP contribution in [0.25, 0.3) is 0 Å². The molecule has 1 atom stereocenters. The van der Waals surface area contributed by atoms with E-state index in [-0.39, 0.29) is 6.42 Å². The first kappa shape index (κ1) is 14.8. The molecule has 1 N–H and O–H groups in total. The number of nitrogens with zero attached hydrogens (tertiary/aromatic N) is 1. The van der Waals surface area contributed by atoms with Gasteiger partial charge >= 0.3 is 5.97 Å². The van der Waals surface area contributed by atoms with Crippen molar-refractivity contribution in [1.82, 2.24) is 4.90 Å². The molecule has 0 amide bonds. The average Bonchev–Trinajstić information content (AvgIpc) is 2.93. The van der Waals surface area contributed by atoms with E-state index in [1.807, 2.05) is 24.3 Å². The molecule has 0 saturated carbocycles. The van der Waals surface area contributed by atoms with Crippen molar-refractivity contribution >= 4 is 17.3 Å². The normalized spacial score (nSPS) is 12.6. The van der Waals surface area contributed by atoms with Crippen LogP contribution in [-0.2, 0) is 17.8 Å². The van der Waals surface area contributed by atoms with Gasteiger partial charge in [0.2, 0.25) is 0 Å². The van der Waals surface area contributed by atoms with Crippen molar-refractivity contribution in [3.05, 3.63) is 57.8 Å². The summed E-state index contributed by atoms with van der Waals surface area (Å²) < 4.78 is 0. The molecule has 4 heteroatoms. The fourth-order valence-electron chi connectivity index (χ4n) is 2.20. The van der Waals surface area contributed by atoms with Crippen molar-refractivity contribution < 1.29 is 9.90 Å². The summed E-state index contributed by atoms with van der Waals surface area (Å²) in [5.74, 6) is -0.786. The Hall–Kier alpha value is -1.65. The molecule has 1 heterocycles. The van der Waals surface area contributed by atoms with Gasteiger partial charge in [-0.05, 0) is 36.5 Å². The van der Waals surface area contributed by atoms with E-state index in [2.05, 4.69) is 36.4 Å². The lowest BCUT2D eigenvalue weighted by atomic mass is 10.0. The first-order valence-corrected chi connectivity index (χ1v) is 7.48. The van der Waals surface area contributed by atoms with Crippen molar-refractivity contribution in [3.63, 3.8) is 0 Å². The Morgan fingerprint density at radius 1 is 1.25 bits per heavy atom. The lowest BCUT2D eigenvalue weighted by Gasteiger charge is -2.24. The minimum Gasteiger partial charge on any atom is -0.481 e. The monoisotopic (exact) mass is 289 g/mol. The molecule has 0 radical (unpaired) electrons. The smallest absolute Gasteiger partial charge is 0.307 e. The molecular formula is C16H19NO2S. The van der Waals surface area contributed by atoms with Crippen molar-refractivity contribution in [1.29, 1.82) is 0 Å². The van der Waals surface area contributed by atoms with E-state index in [9.17, 15) is 4.79 Å². The van der Waals surface area contributed by atoms with Gasteiger partial charge in [-0.25, -0.2) is 0 Å². The Balaban J connectivity index is 2.11. The van der Waals surface area contributed by atoms with Gasteiger partial charge in [0.1, 0.15) is 0 Å². The molecule has 1 aromatic heterocycles. The number of hydrogen-bond acceptors (Lipinski definition) is 3. The zero-order valence-electron chi connectivity index (χ0n) is 11.7. The van der Waals surface area contributed by atoms with E-state index >= 15 is 0 Å². The van der Waals surface area contributed by atoms with Crippen LogP contribution in [0.3, 0.4) is 0 Å². The number of carboxylic acids is 1. The number of thiophene rings is 1. The minimum atomic E-state index is -0.786. The molecule has 2 aromatic rings. The zero-order chi connectivity index (χ0) is 14.5. The summed E-state index contributed by atoms with van der Waals surface area (Å²) in [6, 6.07) is 12.3. The third kappa shape index (κ3) is 3.68. The van der Waals surface area contributed by atoms with Crippen LogP contribution in [0.15, 0.2) is 41.8 Å². The highest BCUT2D eigenvalue weighted by Gasteiger charge is 2.15. The molecule has 0 saturated heterocycles. The molecular weight excluding hydrogens is 270 g/mol. The van der Waals surface area contributed by atoms with E-state index in [0.29, 0.717) is 6.04 Å². The van der Waals surface area contributed by atoms with Crippen molar-refractivity contribution in [2.24, 2.45) is 0 Å². The molecule has 3 nitrogen and oxygen atoms in total. The van der Waals surface area contributed by atoms with Gasteiger partial charge in [0, 0.05) is 17.5 Å². The van der Waals surface area contributed by atoms with Gasteiger partial charge in [-0.2, -0.15) is 0 Å². The van der Waals surface area contributed by atoms with Crippen molar-refractivity contribution in [3.8, 4) is 0 Å². The van der Waals surface area contributed by atoms with Gasteiger partial charge < -0.3 is 5.11 Å². The lowest BCUT2D eigenvalue weighted by molar-refractivity contribution is -0.136. The second-order valence-electron chi connectivity index (χ2n) is 4.95. The second kappa shape index (κ2) is 6.68. The number of carbonyl (C=O) groups is 1. The van der Waals surface area contributed by atoms with Gasteiger partial charge in [0.05, 0.1) is 6.42 Å². The van der Waals surface area contributed by atoms with Crippen LogP contribution >= 0.6 is 11.3 Å². The molecule has 0 bridgehead atoms. The van der Waals surface area contributed by atoms with Crippen LogP contribution in [0.5, 0.6) is 0 Å². The predicted molar refractivity (Wildman–Crippen MR) is 82.0 cm³/mol. The molecule has 106 valence electrons. The maximum absolute atomic E-state index is 10.9. The Morgan fingerprint density at radius 2 is 1.95 bits per heavy atom. The molecule has 0 spiro atoms. The van der Waals surface area contributed by atoms with Gasteiger partial charge in [-0.3, -0.25) is 9.69 Å². The molecule has 0 fully saturated rings. The zero-order valence-corrected chi connectivity index (χ0v) is 12.6. The predicted octanol–water partition coefficient (Wildman–Crippen LogP) is 3.57. The molecule has 0 aliphatic carbocycles. The molecule has 2 rings (SSSR count). The SMILES string of the molecule is CC(c1cccs1)N(C)Cc1ccccc1CC(=O)O. The van der Waals surface area contributed by atoms with E-state index in [0.717, 1.165) is 17.7 Å². The van der Waals surface area contributed by atoms with E-state index in [1.165, 1.54) is 4.88 Å². The largest absolute Gasteiger partial charge is 0.481 e. The lowest BCUT2D eigenvalue weighted by Crippen LogP contribution is -2.22. The van der Waals surface area contributed by atoms with Crippen LogP contribution in [0.4, 0.5) is 0 Å². The van der Waals surface area contributed by atoms with E-state index in [4.69, 9.17) is 5.11 Å². The molecule has 20 heavy (non-hydrogen) atoms. The summed E-state index contributed by atoms with van der Waals surface area (Å²) in [5.41, 5.74) is 1.98. The Labute approximate surface area is 123 Å². The third-order valence-electron chi connectivity index (χ3n) is 3.50. The van der Waals surface area contributed by atoms with E-state index < -0.39 is 5.97 Å². The topological polar surface area (TPSA) is 40.5 Å². The van der Waals surface area contributed by atoms with Crippen LogP contribution in [0.2, 0.25) is 0 Å².